The van der Waals surface area contributed by atoms with Crippen LogP contribution in [0.25, 0.3) is 5.69 Å². The van der Waals surface area contributed by atoms with Crippen LogP contribution in [-0.2, 0) is 4.79 Å². The lowest BCUT2D eigenvalue weighted by molar-refractivity contribution is -0.127. The predicted molar refractivity (Wildman–Crippen MR) is 95.2 cm³/mol. The fourth-order valence-corrected chi connectivity index (χ4v) is 3.75. The van der Waals surface area contributed by atoms with Crippen LogP contribution in [0, 0.1) is 5.92 Å². The van der Waals surface area contributed by atoms with Crippen molar-refractivity contribution in [2.45, 2.75) is 44.7 Å². The van der Waals surface area contributed by atoms with Crippen LogP contribution < -0.4 is 5.32 Å². The molecule has 132 valence electrons. The Morgan fingerprint density at radius 1 is 1.20 bits per heavy atom. The molecule has 1 N–H and O–H groups in total. The number of nitrogens with one attached hydrogen (secondary N) is 1. The molecule has 6 heteroatoms. The first-order valence-corrected chi connectivity index (χ1v) is 9.23. The van der Waals surface area contributed by atoms with E-state index in [-0.39, 0.29) is 18.0 Å². The zero-order valence-corrected chi connectivity index (χ0v) is 14.6. The molecule has 1 aromatic heterocycles. The van der Waals surface area contributed by atoms with Gasteiger partial charge in [0, 0.05) is 0 Å². The molecule has 4 rings (SSSR count). The van der Waals surface area contributed by atoms with Crippen LogP contribution in [0.15, 0.2) is 36.7 Å². The molecule has 1 amide bonds. The summed E-state index contributed by atoms with van der Waals surface area (Å²) in [6.45, 7) is 4.18. The topological polar surface area (TPSA) is 63.1 Å². The maximum Gasteiger partial charge on any atom is 0.238 e. The number of rotatable bonds is 6. The van der Waals surface area contributed by atoms with Crippen molar-refractivity contribution >= 4 is 5.91 Å². The largest absolute Gasteiger partial charge is 0.348 e. The molecule has 0 bridgehead atoms. The number of nitrogens with zero attached hydrogens (tertiary/aromatic N) is 4. The summed E-state index contributed by atoms with van der Waals surface area (Å²) in [6, 6.07) is 8.17. The van der Waals surface area contributed by atoms with Gasteiger partial charge >= 0.3 is 0 Å². The van der Waals surface area contributed by atoms with E-state index in [1.165, 1.54) is 25.7 Å². The van der Waals surface area contributed by atoms with Gasteiger partial charge in [-0.1, -0.05) is 17.3 Å². The highest BCUT2D eigenvalue weighted by molar-refractivity contribution is 5.83. The summed E-state index contributed by atoms with van der Waals surface area (Å²) in [4.78, 5) is 15.3. The summed E-state index contributed by atoms with van der Waals surface area (Å²) < 4.78 is 1.73. The Morgan fingerprint density at radius 2 is 1.92 bits per heavy atom. The Hall–Kier alpha value is -2.21. The minimum atomic E-state index is 0.00106. The van der Waals surface area contributed by atoms with E-state index < -0.39 is 0 Å². The van der Waals surface area contributed by atoms with E-state index in [9.17, 15) is 4.79 Å². The molecule has 2 aliphatic rings. The van der Waals surface area contributed by atoms with Crippen LogP contribution in [-0.4, -0.2) is 44.9 Å². The molecule has 0 unspecified atom stereocenters. The van der Waals surface area contributed by atoms with Crippen molar-refractivity contribution in [3.63, 3.8) is 0 Å². The molecule has 2 fully saturated rings. The fraction of sp³-hybridized carbons (Fsp3) is 0.526. The van der Waals surface area contributed by atoms with Gasteiger partial charge in [-0.05, 0) is 69.3 Å². The van der Waals surface area contributed by atoms with Crippen molar-refractivity contribution < 1.29 is 4.79 Å². The van der Waals surface area contributed by atoms with Gasteiger partial charge in [0.1, 0.15) is 0 Å². The van der Waals surface area contributed by atoms with Crippen molar-refractivity contribution in [3.05, 3.63) is 42.2 Å². The highest BCUT2D eigenvalue weighted by Gasteiger charge is 2.41. The van der Waals surface area contributed by atoms with Crippen molar-refractivity contribution in [1.29, 1.82) is 0 Å². The van der Waals surface area contributed by atoms with Gasteiger partial charge in [-0.2, -0.15) is 0 Å². The van der Waals surface area contributed by atoms with Gasteiger partial charge in [0.2, 0.25) is 5.91 Å². The van der Waals surface area contributed by atoms with Crippen LogP contribution in [0.2, 0.25) is 0 Å². The van der Waals surface area contributed by atoms with Crippen molar-refractivity contribution in [2.75, 3.05) is 13.1 Å². The van der Waals surface area contributed by atoms with Crippen LogP contribution in [0.3, 0.4) is 0 Å². The van der Waals surface area contributed by atoms with Gasteiger partial charge in [0.05, 0.1) is 30.2 Å². The SMILES string of the molecule is C[C@@H](NC(=O)[C@@H](C1CC1)N1CCCC1)c1ccc(-n2ccnn2)cc1. The van der Waals surface area contributed by atoms with E-state index in [1.54, 1.807) is 10.9 Å². The summed E-state index contributed by atoms with van der Waals surface area (Å²) in [7, 11) is 0. The van der Waals surface area contributed by atoms with E-state index in [4.69, 9.17) is 0 Å². The second-order valence-corrected chi connectivity index (χ2v) is 7.19. The molecule has 1 aliphatic carbocycles. The Kier molecular flexibility index (Phi) is 4.53. The molecule has 1 saturated carbocycles. The lowest BCUT2D eigenvalue weighted by atomic mass is 10.1. The van der Waals surface area contributed by atoms with E-state index in [2.05, 4.69) is 27.5 Å². The van der Waals surface area contributed by atoms with Crippen LogP contribution >= 0.6 is 0 Å². The van der Waals surface area contributed by atoms with Gasteiger partial charge in [0.25, 0.3) is 0 Å². The van der Waals surface area contributed by atoms with Gasteiger partial charge in [-0.3, -0.25) is 9.69 Å². The highest BCUT2D eigenvalue weighted by atomic mass is 16.2. The number of hydrogen-bond donors (Lipinski definition) is 1. The first-order valence-electron chi connectivity index (χ1n) is 9.23. The normalized spacial score (nSPS) is 20.4. The maximum atomic E-state index is 12.9. The monoisotopic (exact) mass is 339 g/mol. The predicted octanol–water partition coefficient (Wildman–Crippen LogP) is 2.32. The molecule has 0 radical (unpaired) electrons. The van der Waals surface area contributed by atoms with Crippen molar-refractivity contribution in [1.82, 2.24) is 25.2 Å². The summed E-state index contributed by atoms with van der Waals surface area (Å²) in [5.41, 5.74) is 2.07. The Morgan fingerprint density at radius 3 is 2.52 bits per heavy atom. The van der Waals surface area contributed by atoms with Crippen molar-refractivity contribution in [2.24, 2.45) is 5.92 Å². The number of amides is 1. The molecule has 1 aromatic carbocycles. The number of hydrogen-bond acceptors (Lipinski definition) is 4. The van der Waals surface area contributed by atoms with Gasteiger partial charge < -0.3 is 5.32 Å². The van der Waals surface area contributed by atoms with Gasteiger partial charge in [0.15, 0.2) is 0 Å². The first kappa shape index (κ1) is 16.3. The van der Waals surface area contributed by atoms with Crippen molar-refractivity contribution in [3.8, 4) is 5.69 Å². The van der Waals surface area contributed by atoms with Crippen LogP contribution in [0.4, 0.5) is 0 Å². The summed E-state index contributed by atoms with van der Waals surface area (Å²) in [5.74, 6) is 0.747. The molecule has 6 nitrogen and oxygen atoms in total. The first-order chi connectivity index (χ1) is 12.2. The van der Waals surface area contributed by atoms with Crippen LogP contribution in [0.1, 0.15) is 44.2 Å². The third kappa shape index (κ3) is 3.58. The average Bonchev–Trinajstić information content (AvgIpc) is 3.09. The Bertz CT molecular complexity index is 702. The molecule has 1 saturated heterocycles. The van der Waals surface area contributed by atoms with Crippen LogP contribution in [0.5, 0.6) is 0 Å². The van der Waals surface area contributed by atoms with Gasteiger partial charge in [-0.25, -0.2) is 4.68 Å². The summed E-state index contributed by atoms with van der Waals surface area (Å²) >= 11 is 0. The Labute approximate surface area is 148 Å². The molecule has 0 spiro atoms. The smallest absolute Gasteiger partial charge is 0.238 e. The van der Waals surface area contributed by atoms with Gasteiger partial charge in [-0.15, -0.1) is 5.10 Å². The second kappa shape index (κ2) is 6.96. The minimum absolute atomic E-state index is 0.00106. The highest BCUT2D eigenvalue weighted by Crippen LogP contribution is 2.37. The zero-order valence-electron chi connectivity index (χ0n) is 14.6. The number of aromatic nitrogens is 3. The van der Waals surface area contributed by atoms with E-state index in [0.717, 1.165) is 24.3 Å². The molecule has 1 aliphatic heterocycles. The number of carbonyl (C=O) groups excluding carboxylic acids is 1. The number of benzene rings is 1. The average molecular weight is 339 g/mol. The molecular formula is C19H25N5O. The minimum Gasteiger partial charge on any atom is -0.348 e. The third-order valence-electron chi connectivity index (χ3n) is 5.31. The molecule has 2 aromatic rings. The molecule has 2 heterocycles. The maximum absolute atomic E-state index is 12.9. The number of carbonyl (C=O) groups is 1. The lowest BCUT2D eigenvalue weighted by Gasteiger charge is -2.28. The lowest BCUT2D eigenvalue weighted by Crippen LogP contribution is -2.47. The van der Waals surface area contributed by atoms with E-state index in [0.29, 0.717) is 5.92 Å². The third-order valence-corrected chi connectivity index (χ3v) is 5.31. The Balaban J connectivity index is 1.42. The summed E-state index contributed by atoms with van der Waals surface area (Å²) in [5, 5.41) is 11.1. The molecule has 2 atom stereocenters. The standard InChI is InChI=1S/C19H25N5O/c1-14(15-6-8-17(9-7-15)24-13-10-20-22-24)21-19(25)18(16-4-5-16)23-11-2-3-12-23/h6-10,13-14,16,18H,2-5,11-12H2,1H3,(H,21,25)/t14-,18-/m1/s1. The molecular weight excluding hydrogens is 314 g/mol. The number of likely N-dealkylation sites (tertiary alicyclic amines) is 1. The fourth-order valence-electron chi connectivity index (χ4n) is 3.75. The molecule has 25 heavy (non-hydrogen) atoms. The van der Waals surface area contributed by atoms with E-state index in [1.807, 2.05) is 30.5 Å². The quantitative estimate of drug-likeness (QED) is 0.877. The summed E-state index contributed by atoms with van der Waals surface area (Å²) in [6.07, 6.45) is 8.29. The van der Waals surface area contributed by atoms with E-state index >= 15 is 0 Å². The zero-order chi connectivity index (χ0) is 17.2. The second-order valence-electron chi connectivity index (χ2n) is 7.19.